The largest absolute Gasteiger partial charge is 0.457 e. The van der Waals surface area contributed by atoms with E-state index < -0.39 is 108 Å². The predicted octanol–water partition coefficient (Wildman–Crippen LogP) is 8.61. The standard InChI is InChI=1S/C57H78N2O15/c1-15-43-55(8,74-54(64)59-28-22-23-29-59)31-34(2)45(60)35(3)32-56(9,65-13)48(73-53-47(42(58(11)12)30-36(4)67-53)71-51(62)40-24-18-16-19-25-40)37(5)46(38(6)50(61)69-43)70-44-33-57(10,66-14)49(39(7)68-44)72-52(63)41-26-20-17-21-27-41/h16-29,31,35-39,42-44,46-49,53H,15,30,32-33H2,1-14H3/b34-31+/t35-,36-,37+,38-,39+,42+,43-,44+,46+,47-,48-,49+,53+,55+,56-,57-/m1/s1. The van der Waals surface area contributed by atoms with Crippen molar-refractivity contribution >= 4 is 29.8 Å². The van der Waals surface area contributed by atoms with Gasteiger partial charge in [-0.3, -0.25) is 14.2 Å². The van der Waals surface area contributed by atoms with Crippen LogP contribution in [-0.4, -0.2) is 146 Å². The summed E-state index contributed by atoms with van der Waals surface area (Å²) in [6, 6.07) is 20.3. The Morgan fingerprint density at radius 2 is 1.31 bits per heavy atom. The third-order valence-electron chi connectivity index (χ3n) is 15.1. The molecule has 0 unspecified atom stereocenters. The highest BCUT2D eigenvalue weighted by molar-refractivity contribution is 5.96. The van der Waals surface area contributed by atoms with Crippen LogP contribution in [0, 0.1) is 17.8 Å². The SMILES string of the molecule is CC[C@H]1OC(=O)[C@H](C)[C@@H](O[C@H]2C[C@@](C)(OC)[C@@H](OC(=O)c3ccccc3)[C@H](C)O2)[C@H](C)[C@@H](O[C@@H]2O[C@H](C)C[C@H](N(C)C)[C@H]2OC(=O)c2ccccc2)[C@](C)(OC)C[C@@H](C)C(=O)/C(C)=C/[C@]1(C)OC(=O)n1cccc1. The summed E-state index contributed by atoms with van der Waals surface area (Å²) in [6.07, 6.45) is -3.86. The van der Waals surface area contributed by atoms with E-state index in [0.29, 0.717) is 17.5 Å². The van der Waals surface area contributed by atoms with Gasteiger partial charge in [0.2, 0.25) is 0 Å². The second-order valence-electron chi connectivity index (χ2n) is 21.1. The number of likely N-dealkylation sites (N-methyl/N-ethyl adjacent to an activating group) is 1. The third kappa shape index (κ3) is 13.2. The number of benzene rings is 2. The van der Waals surface area contributed by atoms with Gasteiger partial charge in [-0.25, -0.2) is 14.4 Å². The zero-order chi connectivity index (χ0) is 54.3. The first-order valence-corrected chi connectivity index (χ1v) is 25.7. The van der Waals surface area contributed by atoms with E-state index in [4.69, 9.17) is 47.4 Å². The van der Waals surface area contributed by atoms with Crippen LogP contribution >= 0.6 is 0 Å². The third-order valence-corrected chi connectivity index (χ3v) is 15.1. The van der Waals surface area contributed by atoms with E-state index in [9.17, 15) is 19.2 Å². The molecule has 4 heterocycles. The van der Waals surface area contributed by atoms with E-state index in [-0.39, 0.29) is 42.8 Å². The van der Waals surface area contributed by atoms with Crippen LogP contribution in [0.1, 0.15) is 116 Å². The van der Waals surface area contributed by atoms with Crippen LogP contribution in [0.25, 0.3) is 0 Å². The van der Waals surface area contributed by atoms with Crippen LogP contribution in [0.4, 0.5) is 4.79 Å². The number of carbonyl (C=O) groups is 5. The van der Waals surface area contributed by atoms with Crippen molar-refractivity contribution in [3.05, 3.63) is 108 Å². The summed E-state index contributed by atoms with van der Waals surface area (Å²) in [7, 11) is 6.84. The first kappa shape index (κ1) is 58.0. The Morgan fingerprint density at radius 3 is 1.86 bits per heavy atom. The number of aromatic nitrogens is 1. The molecule has 0 amide bonds. The quantitative estimate of drug-likeness (QED) is 0.117. The van der Waals surface area contributed by atoms with Gasteiger partial charge in [0.1, 0.15) is 11.7 Å². The molecular weight excluding hydrogens is 953 g/mol. The molecule has 17 heteroatoms. The summed E-state index contributed by atoms with van der Waals surface area (Å²) >= 11 is 0. The lowest BCUT2D eigenvalue weighted by atomic mass is 9.76. The van der Waals surface area contributed by atoms with Crippen molar-refractivity contribution in [1.82, 2.24) is 9.47 Å². The van der Waals surface area contributed by atoms with Gasteiger partial charge in [-0.05, 0) is 130 Å². The highest BCUT2D eigenvalue weighted by Crippen LogP contribution is 2.42. The number of hydrogen-bond acceptors (Lipinski definition) is 16. The molecule has 1 aromatic heterocycles. The Bertz CT molecular complexity index is 2400. The van der Waals surface area contributed by atoms with E-state index >= 15 is 4.79 Å². The van der Waals surface area contributed by atoms with Crippen molar-refractivity contribution in [2.45, 2.75) is 173 Å². The number of ketones is 1. The van der Waals surface area contributed by atoms with Crippen LogP contribution in [0.5, 0.6) is 0 Å². The molecule has 2 fully saturated rings. The number of ether oxygens (including phenoxy) is 10. The smallest absolute Gasteiger partial charge is 0.418 e. The van der Waals surface area contributed by atoms with Gasteiger partial charge in [-0.15, -0.1) is 0 Å². The highest BCUT2D eigenvalue weighted by atomic mass is 16.7. The van der Waals surface area contributed by atoms with E-state index in [1.165, 1.54) is 31.2 Å². The molecule has 3 aliphatic rings. The summed E-state index contributed by atoms with van der Waals surface area (Å²) in [4.78, 5) is 72.9. The second kappa shape index (κ2) is 24.6. The number of esters is 3. The average molecular weight is 1030 g/mol. The molecule has 3 aliphatic heterocycles. The highest BCUT2D eigenvalue weighted by Gasteiger charge is 2.54. The van der Waals surface area contributed by atoms with E-state index in [2.05, 4.69) is 0 Å². The lowest BCUT2D eigenvalue weighted by Crippen LogP contribution is -2.61. The number of methoxy groups -OCH3 is 2. The van der Waals surface area contributed by atoms with Crippen LogP contribution < -0.4 is 0 Å². The average Bonchev–Trinajstić information content (AvgIpc) is 3.93. The van der Waals surface area contributed by atoms with Crippen molar-refractivity contribution < 1.29 is 71.3 Å². The number of rotatable bonds is 13. The molecule has 17 nitrogen and oxygen atoms in total. The monoisotopic (exact) mass is 1030 g/mol. The second-order valence-corrected chi connectivity index (χ2v) is 21.1. The molecule has 406 valence electrons. The van der Waals surface area contributed by atoms with Gasteiger partial charge in [0.25, 0.3) is 0 Å². The molecule has 0 radical (unpaired) electrons. The fraction of sp³-hybridized carbons (Fsp3) is 0.596. The molecule has 0 aliphatic carbocycles. The summed E-state index contributed by atoms with van der Waals surface area (Å²) < 4.78 is 66.6. The van der Waals surface area contributed by atoms with Gasteiger partial charge in [0, 0.05) is 44.9 Å². The molecule has 3 aromatic rings. The Morgan fingerprint density at radius 1 is 0.743 bits per heavy atom. The van der Waals surface area contributed by atoms with Crippen molar-refractivity contribution in [3.63, 3.8) is 0 Å². The zero-order valence-electron chi connectivity index (χ0n) is 45.5. The van der Waals surface area contributed by atoms with Gasteiger partial charge in [-0.2, -0.15) is 0 Å². The molecule has 6 rings (SSSR count). The Balaban J connectivity index is 1.47. The summed E-state index contributed by atoms with van der Waals surface area (Å²) in [5.74, 6) is -4.79. The lowest BCUT2D eigenvalue weighted by Gasteiger charge is -2.50. The maximum atomic E-state index is 15.1. The maximum Gasteiger partial charge on any atom is 0.418 e. The molecule has 0 N–H and O–H groups in total. The lowest BCUT2D eigenvalue weighted by molar-refractivity contribution is -0.318. The van der Waals surface area contributed by atoms with Crippen LogP contribution in [-0.2, 0) is 57.0 Å². The fourth-order valence-corrected chi connectivity index (χ4v) is 10.9. The molecule has 16 atom stereocenters. The number of hydrogen-bond donors (Lipinski definition) is 0. The van der Waals surface area contributed by atoms with Gasteiger partial charge >= 0.3 is 24.0 Å². The van der Waals surface area contributed by atoms with Crippen molar-refractivity contribution in [1.29, 1.82) is 0 Å². The van der Waals surface area contributed by atoms with E-state index in [0.717, 1.165) is 0 Å². The van der Waals surface area contributed by atoms with Crippen molar-refractivity contribution in [2.75, 3.05) is 28.3 Å². The minimum Gasteiger partial charge on any atom is -0.457 e. The van der Waals surface area contributed by atoms with Crippen molar-refractivity contribution in [2.24, 2.45) is 17.8 Å². The molecular formula is C57H78N2O15. The van der Waals surface area contributed by atoms with Crippen LogP contribution in [0.3, 0.4) is 0 Å². The van der Waals surface area contributed by atoms with Gasteiger partial charge in [-0.1, -0.05) is 57.2 Å². The van der Waals surface area contributed by atoms with Gasteiger partial charge < -0.3 is 52.3 Å². The minimum atomic E-state index is -1.63. The molecule has 0 saturated carbocycles. The number of Topliss-reactive ketones (excluding diaryl/α,β-unsaturated/α-hetero) is 1. The molecule has 74 heavy (non-hydrogen) atoms. The van der Waals surface area contributed by atoms with Gasteiger partial charge in [0.05, 0.1) is 53.1 Å². The molecule has 0 spiro atoms. The number of nitrogens with zero attached hydrogens (tertiary/aromatic N) is 2. The zero-order valence-corrected chi connectivity index (χ0v) is 45.5. The van der Waals surface area contributed by atoms with Crippen molar-refractivity contribution in [3.8, 4) is 0 Å². The fourth-order valence-electron chi connectivity index (χ4n) is 10.9. The predicted molar refractivity (Wildman–Crippen MR) is 273 cm³/mol. The molecule has 0 bridgehead atoms. The summed E-state index contributed by atoms with van der Waals surface area (Å²) in [6.45, 7) is 17.7. The molecule has 2 saturated heterocycles. The maximum absolute atomic E-state index is 15.1. The van der Waals surface area contributed by atoms with Gasteiger partial charge in [0.15, 0.2) is 36.2 Å². The number of cyclic esters (lactones) is 1. The Kier molecular flexibility index (Phi) is 19.3. The minimum absolute atomic E-state index is 0.0461. The first-order chi connectivity index (χ1) is 35.0. The number of allylic oxidation sites excluding steroid dienone is 1. The summed E-state index contributed by atoms with van der Waals surface area (Å²) in [5, 5.41) is 0. The normalized spacial score (nSPS) is 36.1. The Hall–Kier alpha value is -5.27. The van der Waals surface area contributed by atoms with Crippen LogP contribution in [0.2, 0.25) is 0 Å². The topological polar surface area (TPSA) is 186 Å². The van der Waals surface area contributed by atoms with E-state index in [1.54, 1.807) is 114 Å². The number of carbonyl (C=O) groups excluding carboxylic acids is 5. The summed E-state index contributed by atoms with van der Waals surface area (Å²) in [5.41, 5.74) is -3.17. The molecule has 2 aromatic carbocycles. The first-order valence-electron chi connectivity index (χ1n) is 25.7. The van der Waals surface area contributed by atoms with Crippen LogP contribution in [0.15, 0.2) is 96.8 Å². The van der Waals surface area contributed by atoms with E-state index in [1.807, 2.05) is 52.8 Å². The Labute approximate surface area is 436 Å².